The van der Waals surface area contributed by atoms with E-state index in [1.54, 1.807) is 10.7 Å². The fraction of sp³-hybridized carbons (Fsp3) is 0.381. The molecule has 27 heavy (non-hydrogen) atoms. The lowest BCUT2D eigenvalue weighted by Crippen LogP contribution is -2.49. The predicted molar refractivity (Wildman–Crippen MR) is 105 cm³/mol. The van der Waals surface area contributed by atoms with Crippen LogP contribution in [0.2, 0.25) is 0 Å². The third-order valence-electron chi connectivity index (χ3n) is 5.35. The Morgan fingerprint density at radius 1 is 1.26 bits per heavy atom. The summed E-state index contributed by atoms with van der Waals surface area (Å²) < 4.78 is 1.76. The molecule has 4 rings (SSSR count). The summed E-state index contributed by atoms with van der Waals surface area (Å²) in [5.41, 5.74) is 5.58. The van der Waals surface area contributed by atoms with Gasteiger partial charge in [0.2, 0.25) is 0 Å². The molecule has 2 aromatic heterocycles. The van der Waals surface area contributed by atoms with Crippen LogP contribution in [-0.4, -0.2) is 45.0 Å². The molecule has 0 saturated carbocycles. The summed E-state index contributed by atoms with van der Waals surface area (Å²) >= 11 is 0. The lowest BCUT2D eigenvalue weighted by molar-refractivity contribution is 0.0632. The first-order valence-electron chi connectivity index (χ1n) is 9.51. The predicted octanol–water partition coefficient (Wildman–Crippen LogP) is 2.70. The van der Waals surface area contributed by atoms with Gasteiger partial charge in [0.25, 0.3) is 5.91 Å². The van der Waals surface area contributed by atoms with Gasteiger partial charge in [0, 0.05) is 31.9 Å². The van der Waals surface area contributed by atoms with Gasteiger partial charge in [0.15, 0.2) is 5.65 Å². The number of benzene rings is 1. The van der Waals surface area contributed by atoms with Crippen molar-refractivity contribution in [2.45, 2.75) is 33.2 Å². The van der Waals surface area contributed by atoms with Gasteiger partial charge in [-0.1, -0.05) is 31.2 Å². The fourth-order valence-corrected chi connectivity index (χ4v) is 3.75. The number of aryl methyl sites for hydroxylation is 3. The van der Waals surface area contributed by atoms with Crippen LogP contribution < -0.4 is 5.32 Å². The maximum absolute atomic E-state index is 13.4. The second kappa shape index (κ2) is 7.12. The Balaban J connectivity index is 1.69. The summed E-state index contributed by atoms with van der Waals surface area (Å²) in [5, 5.41) is 7.89. The number of hydrogen-bond acceptors (Lipinski definition) is 4. The molecule has 1 aromatic carbocycles. The monoisotopic (exact) mass is 363 g/mol. The van der Waals surface area contributed by atoms with Gasteiger partial charge in [-0.05, 0) is 31.4 Å². The molecule has 0 aliphatic carbocycles. The SMILES string of the molecule is CCc1ccc(C2CNCCN2C(=O)c2cnc3cc(C)nn3c2C)cc1. The van der Waals surface area contributed by atoms with Crippen molar-refractivity contribution in [1.82, 2.24) is 24.8 Å². The highest BCUT2D eigenvalue weighted by molar-refractivity contribution is 5.95. The van der Waals surface area contributed by atoms with E-state index in [2.05, 4.69) is 46.6 Å². The summed E-state index contributed by atoms with van der Waals surface area (Å²) in [4.78, 5) is 19.8. The fourth-order valence-electron chi connectivity index (χ4n) is 3.75. The van der Waals surface area contributed by atoms with Crippen LogP contribution in [0.15, 0.2) is 36.5 Å². The van der Waals surface area contributed by atoms with E-state index in [0.29, 0.717) is 12.1 Å². The number of nitrogens with zero attached hydrogens (tertiary/aromatic N) is 4. The second-order valence-corrected chi connectivity index (χ2v) is 7.13. The van der Waals surface area contributed by atoms with E-state index in [1.165, 1.54) is 5.56 Å². The molecule has 1 fully saturated rings. The lowest BCUT2D eigenvalue weighted by Gasteiger charge is -2.37. The molecule has 1 atom stereocenters. The van der Waals surface area contributed by atoms with E-state index in [9.17, 15) is 4.79 Å². The Kier molecular flexibility index (Phi) is 4.66. The maximum Gasteiger partial charge on any atom is 0.257 e. The summed E-state index contributed by atoms with van der Waals surface area (Å²) in [6.07, 6.45) is 2.70. The zero-order valence-electron chi connectivity index (χ0n) is 16.1. The van der Waals surface area contributed by atoms with Crippen molar-refractivity contribution in [1.29, 1.82) is 0 Å². The smallest absolute Gasteiger partial charge is 0.257 e. The highest BCUT2D eigenvalue weighted by Gasteiger charge is 2.30. The first-order valence-corrected chi connectivity index (χ1v) is 9.51. The number of amides is 1. The van der Waals surface area contributed by atoms with E-state index in [-0.39, 0.29) is 11.9 Å². The molecule has 1 N–H and O–H groups in total. The number of aromatic nitrogens is 3. The van der Waals surface area contributed by atoms with Gasteiger partial charge in [0.1, 0.15) is 0 Å². The maximum atomic E-state index is 13.4. The largest absolute Gasteiger partial charge is 0.329 e. The van der Waals surface area contributed by atoms with Gasteiger partial charge < -0.3 is 10.2 Å². The quantitative estimate of drug-likeness (QED) is 0.777. The van der Waals surface area contributed by atoms with Crippen molar-refractivity contribution in [2.24, 2.45) is 0 Å². The zero-order valence-corrected chi connectivity index (χ0v) is 16.1. The molecule has 1 aliphatic rings. The molecule has 1 aliphatic heterocycles. The molecule has 6 nitrogen and oxygen atoms in total. The van der Waals surface area contributed by atoms with Crippen LogP contribution >= 0.6 is 0 Å². The number of nitrogens with one attached hydrogen (secondary N) is 1. The van der Waals surface area contributed by atoms with Crippen LogP contribution in [0.4, 0.5) is 0 Å². The average molecular weight is 363 g/mol. The molecule has 0 radical (unpaired) electrons. The minimum atomic E-state index is 0.0149. The van der Waals surface area contributed by atoms with Gasteiger partial charge >= 0.3 is 0 Å². The van der Waals surface area contributed by atoms with E-state index >= 15 is 0 Å². The van der Waals surface area contributed by atoms with E-state index in [0.717, 1.165) is 42.1 Å². The Bertz CT molecular complexity index is 976. The summed E-state index contributed by atoms with van der Waals surface area (Å²) in [6, 6.07) is 10.5. The molecule has 3 aromatic rings. The molecule has 6 heteroatoms. The molecular formula is C21H25N5O. The lowest BCUT2D eigenvalue weighted by atomic mass is 10.00. The van der Waals surface area contributed by atoms with E-state index in [1.807, 2.05) is 24.8 Å². The number of rotatable bonds is 3. The van der Waals surface area contributed by atoms with Crippen LogP contribution in [0.1, 0.15) is 45.8 Å². The molecule has 1 saturated heterocycles. The number of carbonyl (C=O) groups excluding carboxylic acids is 1. The van der Waals surface area contributed by atoms with Gasteiger partial charge in [0.05, 0.1) is 23.0 Å². The van der Waals surface area contributed by atoms with E-state index in [4.69, 9.17) is 0 Å². The van der Waals surface area contributed by atoms with Crippen LogP contribution in [0.25, 0.3) is 5.65 Å². The van der Waals surface area contributed by atoms with Crippen molar-refractivity contribution >= 4 is 11.6 Å². The molecule has 1 unspecified atom stereocenters. The van der Waals surface area contributed by atoms with Gasteiger partial charge in [-0.25, -0.2) is 9.50 Å². The Morgan fingerprint density at radius 2 is 2.04 bits per heavy atom. The molecule has 1 amide bonds. The first kappa shape index (κ1) is 17.7. The first-order chi connectivity index (χ1) is 13.1. The molecule has 3 heterocycles. The van der Waals surface area contributed by atoms with Gasteiger partial charge in [-0.3, -0.25) is 4.79 Å². The van der Waals surface area contributed by atoms with Crippen LogP contribution in [-0.2, 0) is 6.42 Å². The second-order valence-electron chi connectivity index (χ2n) is 7.13. The van der Waals surface area contributed by atoms with Crippen LogP contribution in [0.3, 0.4) is 0 Å². The Labute approximate surface area is 159 Å². The van der Waals surface area contributed by atoms with Crippen LogP contribution in [0.5, 0.6) is 0 Å². The average Bonchev–Trinajstić information content (AvgIpc) is 3.09. The van der Waals surface area contributed by atoms with Gasteiger partial charge in [-0.2, -0.15) is 5.10 Å². The summed E-state index contributed by atoms with van der Waals surface area (Å²) in [7, 11) is 0. The number of carbonyl (C=O) groups is 1. The number of fused-ring (bicyclic) bond motifs is 1. The third kappa shape index (κ3) is 3.21. The third-order valence-corrected chi connectivity index (χ3v) is 5.35. The standard InChI is InChI=1S/C21H25N5O/c1-4-16-5-7-17(8-6-16)19-13-22-9-10-25(19)21(27)18-12-23-20-11-14(2)24-26(20)15(18)3/h5-8,11-12,19,22H,4,9-10,13H2,1-3H3. The summed E-state index contributed by atoms with van der Waals surface area (Å²) in [5.74, 6) is 0.0149. The number of hydrogen-bond donors (Lipinski definition) is 1. The molecule has 0 bridgehead atoms. The normalized spacial score (nSPS) is 17.4. The highest BCUT2D eigenvalue weighted by Crippen LogP contribution is 2.25. The molecule has 0 spiro atoms. The van der Waals surface area contributed by atoms with Crippen molar-refractivity contribution in [3.8, 4) is 0 Å². The molecular weight excluding hydrogens is 338 g/mol. The minimum absolute atomic E-state index is 0.0149. The number of piperazine rings is 1. The Morgan fingerprint density at radius 3 is 2.78 bits per heavy atom. The van der Waals surface area contributed by atoms with E-state index < -0.39 is 0 Å². The topological polar surface area (TPSA) is 62.5 Å². The van der Waals surface area contributed by atoms with Crippen molar-refractivity contribution < 1.29 is 4.79 Å². The van der Waals surface area contributed by atoms with Crippen molar-refractivity contribution in [3.05, 3.63) is 64.6 Å². The minimum Gasteiger partial charge on any atom is -0.329 e. The van der Waals surface area contributed by atoms with Crippen LogP contribution in [0, 0.1) is 13.8 Å². The molecule has 140 valence electrons. The summed E-state index contributed by atoms with van der Waals surface area (Å²) in [6.45, 7) is 8.24. The van der Waals surface area contributed by atoms with Gasteiger partial charge in [-0.15, -0.1) is 0 Å². The highest BCUT2D eigenvalue weighted by atomic mass is 16.2. The Hall–Kier alpha value is -2.73. The zero-order chi connectivity index (χ0) is 19.0. The van der Waals surface area contributed by atoms with Crippen molar-refractivity contribution in [2.75, 3.05) is 19.6 Å². The van der Waals surface area contributed by atoms with Crippen molar-refractivity contribution in [3.63, 3.8) is 0 Å².